The maximum absolute atomic E-state index is 12.6. The molecular weight excluding hydrogens is 403 g/mol. The molecule has 2 fully saturated rings. The van der Waals surface area contributed by atoms with Gasteiger partial charge in [-0.1, -0.05) is 11.6 Å². The molecule has 3 rings (SSSR count). The number of carbonyl (C=O) groups is 1. The lowest BCUT2D eigenvalue weighted by atomic mass is 10.2. The van der Waals surface area contributed by atoms with Gasteiger partial charge in [0.15, 0.2) is 0 Å². The minimum Gasteiger partial charge on any atom is -0.379 e. The van der Waals surface area contributed by atoms with Crippen molar-refractivity contribution in [1.29, 1.82) is 0 Å². The van der Waals surface area contributed by atoms with Crippen LogP contribution in [0.4, 0.5) is 0 Å². The fraction of sp³-hybridized carbons (Fsp3) is 0.533. The first-order valence-corrected chi connectivity index (χ1v) is 8.67. The summed E-state index contributed by atoms with van der Waals surface area (Å²) in [7, 11) is 0. The number of carbonyl (C=O) groups excluding carboxylic acids is 1. The molecule has 1 atom stereocenters. The van der Waals surface area contributed by atoms with Crippen molar-refractivity contribution in [1.82, 2.24) is 9.80 Å². The Morgan fingerprint density at radius 1 is 1.29 bits per heavy atom. The van der Waals surface area contributed by atoms with Gasteiger partial charge in [0.05, 0.1) is 18.2 Å². The first kappa shape index (κ1) is 15.5. The quantitative estimate of drug-likeness (QED) is 0.689. The van der Waals surface area contributed by atoms with E-state index in [1.165, 1.54) is 0 Å². The number of hydrogen-bond donors (Lipinski definition) is 0. The molecule has 1 aromatic rings. The summed E-state index contributed by atoms with van der Waals surface area (Å²) in [4.78, 5) is 16.9. The van der Waals surface area contributed by atoms with Crippen molar-refractivity contribution in [3.05, 3.63) is 32.4 Å². The van der Waals surface area contributed by atoms with Crippen LogP contribution in [0.1, 0.15) is 16.8 Å². The summed E-state index contributed by atoms with van der Waals surface area (Å²) in [6.45, 7) is 5.19. The van der Waals surface area contributed by atoms with E-state index < -0.39 is 0 Å². The minimum absolute atomic E-state index is 0.0871. The number of amides is 1. The smallest absolute Gasteiger partial charge is 0.253 e. The molecule has 0 N–H and O–H groups in total. The molecule has 2 aliphatic rings. The first-order chi connectivity index (χ1) is 10.1. The summed E-state index contributed by atoms with van der Waals surface area (Å²) in [5.74, 6) is 0.0871. The van der Waals surface area contributed by atoms with Crippen LogP contribution in [0.15, 0.2) is 18.2 Å². The Morgan fingerprint density at radius 2 is 2.05 bits per heavy atom. The van der Waals surface area contributed by atoms with E-state index in [9.17, 15) is 4.79 Å². The van der Waals surface area contributed by atoms with Gasteiger partial charge in [0.2, 0.25) is 0 Å². The van der Waals surface area contributed by atoms with Crippen LogP contribution in [0.25, 0.3) is 0 Å². The lowest BCUT2D eigenvalue weighted by Crippen LogP contribution is -2.45. The average molecular weight is 421 g/mol. The Balaban J connectivity index is 1.64. The number of benzene rings is 1. The lowest BCUT2D eigenvalue weighted by Gasteiger charge is -2.32. The zero-order valence-corrected chi connectivity index (χ0v) is 14.6. The van der Waals surface area contributed by atoms with Crippen molar-refractivity contribution in [2.24, 2.45) is 0 Å². The van der Waals surface area contributed by atoms with Crippen molar-refractivity contribution < 1.29 is 9.53 Å². The average Bonchev–Trinajstić information content (AvgIpc) is 3.00. The number of likely N-dealkylation sites (tertiary alicyclic amines) is 1. The van der Waals surface area contributed by atoms with Crippen molar-refractivity contribution in [2.45, 2.75) is 12.5 Å². The van der Waals surface area contributed by atoms with Crippen LogP contribution >= 0.6 is 34.2 Å². The molecule has 21 heavy (non-hydrogen) atoms. The van der Waals surface area contributed by atoms with Gasteiger partial charge < -0.3 is 9.64 Å². The SMILES string of the molecule is O=C(c1ccc(I)c(Cl)c1)N1CCC(N2CCOCC2)C1. The van der Waals surface area contributed by atoms with Crippen LogP contribution in [-0.2, 0) is 4.74 Å². The largest absolute Gasteiger partial charge is 0.379 e. The van der Waals surface area contributed by atoms with Crippen LogP contribution in [0, 0.1) is 3.57 Å². The molecule has 6 heteroatoms. The van der Waals surface area contributed by atoms with E-state index in [-0.39, 0.29) is 5.91 Å². The molecule has 1 aromatic carbocycles. The summed E-state index contributed by atoms with van der Waals surface area (Å²) in [5.41, 5.74) is 0.683. The van der Waals surface area contributed by atoms with E-state index in [1.807, 2.05) is 17.0 Å². The van der Waals surface area contributed by atoms with Crippen LogP contribution < -0.4 is 0 Å². The minimum atomic E-state index is 0.0871. The molecule has 0 radical (unpaired) electrons. The van der Waals surface area contributed by atoms with Crippen LogP contribution in [0.3, 0.4) is 0 Å². The number of morpholine rings is 1. The first-order valence-electron chi connectivity index (χ1n) is 7.21. The van der Waals surface area contributed by atoms with E-state index in [4.69, 9.17) is 16.3 Å². The maximum atomic E-state index is 12.6. The molecule has 0 saturated carbocycles. The van der Waals surface area contributed by atoms with Gasteiger partial charge in [-0.05, 0) is 47.2 Å². The van der Waals surface area contributed by atoms with Gasteiger partial charge in [0, 0.05) is 41.4 Å². The molecule has 2 aliphatic heterocycles. The summed E-state index contributed by atoms with van der Waals surface area (Å²) in [5, 5.41) is 0.644. The van der Waals surface area contributed by atoms with Gasteiger partial charge in [-0.15, -0.1) is 0 Å². The Morgan fingerprint density at radius 3 is 2.76 bits per heavy atom. The third-order valence-electron chi connectivity index (χ3n) is 4.18. The molecule has 4 nitrogen and oxygen atoms in total. The highest BCUT2D eigenvalue weighted by Crippen LogP contribution is 2.23. The molecule has 2 saturated heterocycles. The summed E-state index contributed by atoms with van der Waals surface area (Å²) >= 11 is 8.28. The highest BCUT2D eigenvalue weighted by molar-refractivity contribution is 14.1. The molecule has 114 valence electrons. The normalized spacial score (nSPS) is 23.5. The van der Waals surface area contributed by atoms with Gasteiger partial charge in [-0.25, -0.2) is 0 Å². The molecule has 0 spiro atoms. The van der Waals surface area contributed by atoms with Crippen molar-refractivity contribution in [3.8, 4) is 0 Å². The zero-order valence-electron chi connectivity index (χ0n) is 11.7. The van der Waals surface area contributed by atoms with Crippen molar-refractivity contribution in [3.63, 3.8) is 0 Å². The van der Waals surface area contributed by atoms with E-state index in [0.29, 0.717) is 16.6 Å². The monoisotopic (exact) mass is 420 g/mol. The molecule has 0 aromatic heterocycles. The van der Waals surface area contributed by atoms with E-state index in [0.717, 1.165) is 49.4 Å². The number of ether oxygens (including phenoxy) is 1. The van der Waals surface area contributed by atoms with Gasteiger partial charge in [0.25, 0.3) is 5.91 Å². The fourth-order valence-corrected chi connectivity index (χ4v) is 3.49. The molecule has 1 amide bonds. The number of rotatable bonds is 2. The predicted molar refractivity (Wildman–Crippen MR) is 90.9 cm³/mol. The topological polar surface area (TPSA) is 32.8 Å². The second kappa shape index (κ2) is 6.81. The standard InChI is InChI=1S/C15H18ClIN2O2/c16-13-9-11(1-2-14(13)17)15(20)19-4-3-12(10-19)18-5-7-21-8-6-18/h1-2,9,12H,3-8,10H2. The molecule has 2 heterocycles. The Labute approximate surface area is 143 Å². The van der Waals surface area contributed by atoms with Gasteiger partial charge in [-0.3, -0.25) is 9.69 Å². The predicted octanol–water partition coefficient (Wildman–Crippen LogP) is 2.49. The third-order valence-corrected chi connectivity index (χ3v) is 5.75. The van der Waals surface area contributed by atoms with Crippen molar-refractivity contribution in [2.75, 3.05) is 39.4 Å². The van der Waals surface area contributed by atoms with Crippen LogP contribution in [0.5, 0.6) is 0 Å². The Hall–Kier alpha value is -0.370. The number of halogens is 2. The highest BCUT2D eigenvalue weighted by atomic mass is 127. The molecule has 0 bridgehead atoms. The zero-order chi connectivity index (χ0) is 14.8. The van der Waals surface area contributed by atoms with E-state index in [1.54, 1.807) is 6.07 Å². The second-order valence-corrected chi connectivity index (χ2v) is 7.04. The van der Waals surface area contributed by atoms with Gasteiger partial charge in [0.1, 0.15) is 0 Å². The second-order valence-electron chi connectivity index (χ2n) is 5.47. The van der Waals surface area contributed by atoms with Gasteiger partial charge in [-0.2, -0.15) is 0 Å². The lowest BCUT2D eigenvalue weighted by molar-refractivity contribution is 0.0185. The molecular formula is C15H18ClIN2O2. The third kappa shape index (κ3) is 3.52. The van der Waals surface area contributed by atoms with Crippen LogP contribution in [-0.4, -0.2) is 61.1 Å². The van der Waals surface area contributed by atoms with Crippen LogP contribution in [0.2, 0.25) is 5.02 Å². The molecule has 1 unspecified atom stereocenters. The summed E-state index contributed by atoms with van der Waals surface area (Å²) in [6.07, 6.45) is 1.05. The summed E-state index contributed by atoms with van der Waals surface area (Å²) < 4.78 is 6.36. The Kier molecular flexibility index (Phi) is 5.03. The Bertz CT molecular complexity index is 534. The summed E-state index contributed by atoms with van der Waals surface area (Å²) in [6, 6.07) is 5.99. The van der Waals surface area contributed by atoms with E-state index >= 15 is 0 Å². The van der Waals surface area contributed by atoms with Gasteiger partial charge >= 0.3 is 0 Å². The maximum Gasteiger partial charge on any atom is 0.253 e. The highest BCUT2D eigenvalue weighted by Gasteiger charge is 2.31. The number of nitrogens with zero attached hydrogens (tertiary/aromatic N) is 2. The fourth-order valence-electron chi connectivity index (χ4n) is 2.98. The van der Waals surface area contributed by atoms with E-state index in [2.05, 4.69) is 27.5 Å². The van der Waals surface area contributed by atoms with Crippen molar-refractivity contribution >= 4 is 40.1 Å². The number of hydrogen-bond acceptors (Lipinski definition) is 3. The molecule has 0 aliphatic carbocycles.